The summed E-state index contributed by atoms with van der Waals surface area (Å²) in [6.07, 6.45) is 1.71. The molecule has 0 unspecified atom stereocenters. The van der Waals surface area contributed by atoms with Crippen LogP contribution in [0.4, 0.5) is 11.4 Å². The number of benzene rings is 3. The van der Waals surface area contributed by atoms with E-state index in [9.17, 15) is 8.42 Å². The lowest BCUT2D eigenvalue weighted by atomic mass is 10.2. The van der Waals surface area contributed by atoms with Crippen LogP contribution in [0.25, 0.3) is 0 Å². The van der Waals surface area contributed by atoms with Gasteiger partial charge in [0.1, 0.15) is 0 Å². The summed E-state index contributed by atoms with van der Waals surface area (Å²) in [5, 5.41) is 0. The molecule has 0 spiro atoms. The molecule has 0 fully saturated rings. The Kier molecular flexibility index (Phi) is 4.95. The Balaban J connectivity index is 1.88. The minimum Gasteiger partial charge on any atom is -0.277 e. The van der Waals surface area contributed by atoms with E-state index in [4.69, 9.17) is 0 Å². The number of hydrogen-bond donors (Lipinski definition) is 1. The highest BCUT2D eigenvalue weighted by atomic mass is 32.2. The van der Waals surface area contributed by atoms with Gasteiger partial charge < -0.3 is 0 Å². The summed E-state index contributed by atoms with van der Waals surface area (Å²) < 4.78 is 27.8. The van der Waals surface area contributed by atoms with E-state index in [0.29, 0.717) is 11.4 Å². The van der Waals surface area contributed by atoms with E-state index in [1.807, 2.05) is 43.3 Å². The maximum atomic E-state index is 12.6. The third-order valence-electron chi connectivity index (χ3n) is 3.63. The molecule has 0 heterocycles. The Labute approximate surface area is 147 Å². The lowest BCUT2D eigenvalue weighted by Crippen LogP contribution is -2.13. The van der Waals surface area contributed by atoms with Crippen LogP contribution in [0, 0.1) is 6.92 Å². The van der Waals surface area contributed by atoms with Gasteiger partial charge in [-0.1, -0.05) is 60.2 Å². The molecule has 0 aromatic heterocycles. The molecule has 3 aromatic carbocycles. The number of para-hydroxylation sites is 2. The normalized spacial score (nSPS) is 11.6. The first-order valence-electron chi connectivity index (χ1n) is 7.82. The van der Waals surface area contributed by atoms with Gasteiger partial charge in [-0.15, -0.1) is 0 Å². The Morgan fingerprint density at radius 3 is 2.20 bits per heavy atom. The summed E-state index contributed by atoms with van der Waals surface area (Å²) in [7, 11) is -3.66. The quantitative estimate of drug-likeness (QED) is 0.687. The van der Waals surface area contributed by atoms with E-state index in [1.165, 1.54) is 0 Å². The first-order chi connectivity index (χ1) is 12.0. The highest BCUT2D eigenvalue weighted by molar-refractivity contribution is 7.92. The number of aliphatic imine (C=N–C) groups is 1. The van der Waals surface area contributed by atoms with E-state index in [1.54, 1.807) is 48.7 Å². The van der Waals surface area contributed by atoms with Crippen molar-refractivity contribution >= 4 is 27.6 Å². The number of anilines is 1. The molecule has 5 heteroatoms. The highest BCUT2D eigenvalue weighted by Crippen LogP contribution is 2.27. The zero-order chi connectivity index (χ0) is 17.7. The SMILES string of the molecule is Cc1ccc(S(=O)(=O)Nc2ccccc2N=Cc2ccccc2)cc1. The van der Waals surface area contributed by atoms with Gasteiger partial charge >= 0.3 is 0 Å². The zero-order valence-corrected chi connectivity index (χ0v) is 14.6. The minimum absolute atomic E-state index is 0.222. The molecule has 0 saturated heterocycles. The number of rotatable bonds is 5. The van der Waals surface area contributed by atoms with Crippen LogP contribution in [-0.4, -0.2) is 14.6 Å². The molecule has 0 radical (unpaired) electrons. The molecule has 126 valence electrons. The molecule has 0 bridgehead atoms. The van der Waals surface area contributed by atoms with Crippen molar-refractivity contribution in [2.24, 2.45) is 4.99 Å². The third-order valence-corrected chi connectivity index (χ3v) is 5.01. The first-order valence-corrected chi connectivity index (χ1v) is 9.30. The smallest absolute Gasteiger partial charge is 0.261 e. The maximum Gasteiger partial charge on any atom is 0.261 e. The van der Waals surface area contributed by atoms with E-state index in [0.717, 1.165) is 11.1 Å². The van der Waals surface area contributed by atoms with Crippen molar-refractivity contribution in [3.8, 4) is 0 Å². The molecule has 1 N–H and O–H groups in total. The maximum absolute atomic E-state index is 12.6. The van der Waals surface area contributed by atoms with Gasteiger partial charge in [-0.05, 0) is 36.8 Å². The van der Waals surface area contributed by atoms with Crippen molar-refractivity contribution in [2.75, 3.05) is 4.72 Å². The summed E-state index contributed by atoms with van der Waals surface area (Å²) in [4.78, 5) is 4.64. The van der Waals surface area contributed by atoms with Crippen LogP contribution in [0.15, 0.2) is 88.8 Å². The Morgan fingerprint density at radius 1 is 0.840 bits per heavy atom. The molecule has 0 saturated carbocycles. The third kappa shape index (κ3) is 4.33. The number of nitrogens with zero attached hydrogens (tertiary/aromatic N) is 1. The van der Waals surface area contributed by atoms with Crippen molar-refractivity contribution in [3.63, 3.8) is 0 Å². The van der Waals surface area contributed by atoms with E-state index in [-0.39, 0.29) is 4.90 Å². The van der Waals surface area contributed by atoms with Crippen molar-refractivity contribution < 1.29 is 8.42 Å². The van der Waals surface area contributed by atoms with Gasteiger partial charge in [0.2, 0.25) is 0 Å². The standard InChI is InChI=1S/C20H18N2O2S/c1-16-11-13-18(14-12-16)25(23,24)22-20-10-6-5-9-19(20)21-15-17-7-3-2-4-8-17/h2-15,22H,1H3. The zero-order valence-electron chi connectivity index (χ0n) is 13.8. The second kappa shape index (κ2) is 7.32. The summed E-state index contributed by atoms with van der Waals surface area (Å²) in [5.41, 5.74) is 2.95. The summed E-state index contributed by atoms with van der Waals surface area (Å²) >= 11 is 0. The number of sulfonamides is 1. The lowest BCUT2D eigenvalue weighted by Gasteiger charge is -2.10. The van der Waals surface area contributed by atoms with Gasteiger partial charge in [-0.25, -0.2) is 8.42 Å². The molecule has 0 atom stereocenters. The molecule has 25 heavy (non-hydrogen) atoms. The average Bonchev–Trinajstić information content (AvgIpc) is 2.62. The lowest BCUT2D eigenvalue weighted by molar-refractivity contribution is 0.601. The van der Waals surface area contributed by atoms with Gasteiger partial charge in [-0.3, -0.25) is 9.71 Å². The molecule has 3 rings (SSSR count). The second-order valence-electron chi connectivity index (χ2n) is 5.60. The average molecular weight is 350 g/mol. The minimum atomic E-state index is -3.66. The topological polar surface area (TPSA) is 58.5 Å². The summed E-state index contributed by atoms with van der Waals surface area (Å²) in [6.45, 7) is 1.91. The van der Waals surface area contributed by atoms with Gasteiger partial charge in [0.25, 0.3) is 10.0 Å². The number of nitrogens with one attached hydrogen (secondary N) is 1. The van der Waals surface area contributed by atoms with Crippen molar-refractivity contribution in [1.82, 2.24) is 0 Å². The predicted octanol–water partition coefficient (Wildman–Crippen LogP) is 4.55. The van der Waals surface area contributed by atoms with Gasteiger partial charge in [0, 0.05) is 6.21 Å². The molecule has 4 nitrogen and oxygen atoms in total. The van der Waals surface area contributed by atoms with Crippen molar-refractivity contribution in [3.05, 3.63) is 90.0 Å². The van der Waals surface area contributed by atoms with Gasteiger partial charge in [0.15, 0.2) is 0 Å². The van der Waals surface area contributed by atoms with E-state index < -0.39 is 10.0 Å². The summed E-state index contributed by atoms with van der Waals surface area (Å²) in [5.74, 6) is 0. The Morgan fingerprint density at radius 2 is 1.48 bits per heavy atom. The number of hydrogen-bond acceptors (Lipinski definition) is 3. The van der Waals surface area contributed by atoms with Crippen LogP contribution in [0.2, 0.25) is 0 Å². The fourth-order valence-corrected chi connectivity index (χ4v) is 3.35. The van der Waals surface area contributed by atoms with Crippen LogP contribution in [0.5, 0.6) is 0 Å². The fraction of sp³-hybridized carbons (Fsp3) is 0.0500. The van der Waals surface area contributed by atoms with Crippen LogP contribution >= 0.6 is 0 Å². The molecule has 0 aliphatic heterocycles. The van der Waals surface area contributed by atoms with Crippen LogP contribution in [-0.2, 0) is 10.0 Å². The Hall–Kier alpha value is -2.92. The van der Waals surface area contributed by atoms with E-state index >= 15 is 0 Å². The monoisotopic (exact) mass is 350 g/mol. The largest absolute Gasteiger partial charge is 0.277 e. The van der Waals surface area contributed by atoms with Gasteiger partial charge in [-0.2, -0.15) is 0 Å². The van der Waals surface area contributed by atoms with Crippen LogP contribution in [0.1, 0.15) is 11.1 Å². The summed E-state index contributed by atoms with van der Waals surface area (Å²) in [6, 6.07) is 23.4. The molecule has 0 aliphatic carbocycles. The molecule has 3 aromatic rings. The van der Waals surface area contributed by atoms with E-state index in [2.05, 4.69) is 9.71 Å². The number of aryl methyl sites for hydroxylation is 1. The van der Waals surface area contributed by atoms with Crippen molar-refractivity contribution in [1.29, 1.82) is 0 Å². The highest BCUT2D eigenvalue weighted by Gasteiger charge is 2.15. The first kappa shape index (κ1) is 16.9. The second-order valence-corrected chi connectivity index (χ2v) is 7.29. The van der Waals surface area contributed by atoms with Crippen molar-refractivity contribution in [2.45, 2.75) is 11.8 Å². The molecule has 0 amide bonds. The predicted molar refractivity (Wildman–Crippen MR) is 102 cm³/mol. The Bertz CT molecular complexity index is 980. The molecular weight excluding hydrogens is 332 g/mol. The van der Waals surface area contributed by atoms with Gasteiger partial charge in [0.05, 0.1) is 16.3 Å². The molecule has 0 aliphatic rings. The fourth-order valence-electron chi connectivity index (χ4n) is 2.28. The van der Waals surface area contributed by atoms with Crippen LogP contribution < -0.4 is 4.72 Å². The van der Waals surface area contributed by atoms with Crippen LogP contribution in [0.3, 0.4) is 0 Å². The molecular formula is C20H18N2O2S.